The normalized spacial score (nSPS) is 15.6. The van der Waals surface area contributed by atoms with Gasteiger partial charge in [-0.3, -0.25) is 0 Å². The van der Waals surface area contributed by atoms with Crippen LogP contribution in [0.25, 0.3) is 0 Å². The number of phenols is 1. The van der Waals surface area contributed by atoms with E-state index in [-0.39, 0.29) is 0 Å². The number of thiocarbonyl (C=S) groups is 1. The Hall–Kier alpha value is -1.30. The summed E-state index contributed by atoms with van der Waals surface area (Å²) < 4.78 is 37.7. The molecule has 1 aromatic rings. The van der Waals surface area contributed by atoms with E-state index in [0.717, 1.165) is 31.6 Å². The second-order valence-electron chi connectivity index (χ2n) is 3.88. The Kier molecular flexibility index (Phi) is 2.99. The van der Waals surface area contributed by atoms with Crippen LogP contribution in [0, 0.1) is 0 Å². The highest BCUT2D eigenvalue weighted by molar-refractivity contribution is 7.80. The number of halogens is 3. The van der Waals surface area contributed by atoms with E-state index in [1.54, 1.807) is 0 Å². The quantitative estimate of drug-likeness (QED) is 0.786. The summed E-state index contributed by atoms with van der Waals surface area (Å²) >= 11 is 5.10. The minimum absolute atomic E-state index is 0.324. The average molecular weight is 261 g/mol. The maximum Gasteiger partial charge on any atom is 0.419 e. The molecule has 0 spiro atoms. The van der Waals surface area contributed by atoms with Crippen LogP contribution >= 0.6 is 12.2 Å². The molecule has 1 aliphatic heterocycles. The van der Waals surface area contributed by atoms with Crippen molar-refractivity contribution < 1.29 is 18.3 Å². The fraction of sp³-hybridized carbons (Fsp3) is 0.364. The van der Waals surface area contributed by atoms with Crippen molar-refractivity contribution in [3.05, 3.63) is 29.3 Å². The Bertz CT molecular complexity index is 455. The second kappa shape index (κ2) is 4.18. The van der Waals surface area contributed by atoms with Gasteiger partial charge >= 0.3 is 6.18 Å². The Morgan fingerprint density at radius 2 is 1.94 bits per heavy atom. The van der Waals surface area contributed by atoms with Crippen molar-refractivity contribution in [2.75, 3.05) is 13.1 Å². The van der Waals surface area contributed by atoms with Gasteiger partial charge in [0.2, 0.25) is 0 Å². The van der Waals surface area contributed by atoms with Crippen LogP contribution in [-0.2, 0) is 6.18 Å². The monoisotopic (exact) mass is 261 g/mol. The van der Waals surface area contributed by atoms with E-state index < -0.39 is 17.5 Å². The smallest absolute Gasteiger partial charge is 0.419 e. The molecule has 1 aliphatic rings. The summed E-state index contributed by atoms with van der Waals surface area (Å²) in [4.78, 5) is 2.24. The first kappa shape index (κ1) is 12.2. The third-order valence-electron chi connectivity index (χ3n) is 2.69. The first-order valence-electron chi connectivity index (χ1n) is 5.09. The Balaban J connectivity index is 2.33. The van der Waals surface area contributed by atoms with Crippen molar-refractivity contribution in [1.29, 1.82) is 0 Å². The fourth-order valence-corrected chi connectivity index (χ4v) is 1.91. The van der Waals surface area contributed by atoms with Crippen LogP contribution in [-0.4, -0.2) is 28.1 Å². The van der Waals surface area contributed by atoms with E-state index in [9.17, 15) is 18.3 Å². The summed E-state index contributed by atoms with van der Waals surface area (Å²) in [7, 11) is 0. The number of benzene rings is 1. The van der Waals surface area contributed by atoms with Crippen molar-refractivity contribution in [3.8, 4) is 5.75 Å². The van der Waals surface area contributed by atoms with Crippen LogP contribution < -0.4 is 0 Å². The van der Waals surface area contributed by atoms with Gasteiger partial charge in [0, 0.05) is 18.7 Å². The molecular weight excluding hydrogens is 251 g/mol. The molecule has 6 heteroatoms. The van der Waals surface area contributed by atoms with Crippen molar-refractivity contribution in [3.63, 3.8) is 0 Å². The lowest BCUT2D eigenvalue weighted by Crippen LogP contribution is -2.41. The second-order valence-corrected chi connectivity index (χ2v) is 4.26. The third-order valence-corrected chi connectivity index (χ3v) is 3.19. The molecule has 2 rings (SSSR count). The number of phenolic OH excluding ortho intramolecular Hbond substituents is 1. The fourth-order valence-electron chi connectivity index (χ4n) is 1.60. The van der Waals surface area contributed by atoms with Crippen LogP contribution in [0.4, 0.5) is 13.2 Å². The topological polar surface area (TPSA) is 23.5 Å². The van der Waals surface area contributed by atoms with Crippen LogP contribution in [0.1, 0.15) is 17.5 Å². The summed E-state index contributed by atoms with van der Waals surface area (Å²) in [6, 6.07) is 3.34. The molecule has 1 heterocycles. The third kappa shape index (κ3) is 2.36. The molecule has 0 aliphatic carbocycles. The molecule has 0 radical (unpaired) electrons. The summed E-state index contributed by atoms with van der Waals surface area (Å²) in [5, 5.41) is 9.19. The van der Waals surface area contributed by atoms with Crippen LogP contribution in [0.2, 0.25) is 0 Å². The van der Waals surface area contributed by atoms with Crippen molar-refractivity contribution in [2.45, 2.75) is 12.6 Å². The molecule has 0 saturated carbocycles. The highest BCUT2D eigenvalue weighted by atomic mass is 32.1. The summed E-state index contributed by atoms with van der Waals surface area (Å²) in [5.41, 5.74) is -0.720. The van der Waals surface area contributed by atoms with E-state index in [1.807, 2.05) is 4.90 Å². The Morgan fingerprint density at radius 3 is 2.41 bits per heavy atom. The van der Waals surface area contributed by atoms with E-state index >= 15 is 0 Å². The zero-order valence-corrected chi connectivity index (χ0v) is 9.61. The maximum atomic E-state index is 12.6. The van der Waals surface area contributed by atoms with Gasteiger partial charge in [0.1, 0.15) is 10.7 Å². The van der Waals surface area contributed by atoms with Crippen LogP contribution in [0.3, 0.4) is 0 Å². The number of nitrogens with zero attached hydrogens (tertiary/aromatic N) is 1. The molecule has 17 heavy (non-hydrogen) atoms. The van der Waals surface area contributed by atoms with Gasteiger partial charge in [0.05, 0.1) is 5.56 Å². The lowest BCUT2D eigenvalue weighted by Gasteiger charge is -2.33. The van der Waals surface area contributed by atoms with Gasteiger partial charge in [-0.1, -0.05) is 12.2 Å². The van der Waals surface area contributed by atoms with Gasteiger partial charge in [-0.25, -0.2) is 0 Å². The van der Waals surface area contributed by atoms with E-state index in [4.69, 9.17) is 12.2 Å². The molecular formula is C11H10F3NOS. The number of hydrogen-bond acceptors (Lipinski definition) is 2. The number of alkyl halides is 3. The van der Waals surface area contributed by atoms with Crippen LogP contribution in [0.5, 0.6) is 5.75 Å². The Labute approximate surface area is 102 Å². The number of hydrogen-bond donors (Lipinski definition) is 1. The van der Waals surface area contributed by atoms with Crippen molar-refractivity contribution in [2.24, 2.45) is 0 Å². The zero-order chi connectivity index (χ0) is 12.6. The molecule has 1 N–H and O–H groups in total. The molecule has 1 saturated heterocycles. The lowest BCUT2D eigenvalue weighted by molar-refractivity contribution is -0.138. The summed E-state index contributed by atoms with van der Waals surface area (Å²) in [6.45, 7) is 1.56. The van der Waals surface area contributed by atoms with Gasteiger partial charge < -0.3 is 10.0 Å². The van der Waals surface area contributed by atoms with Gasteiger partial charge in [0.15, 0.2) is 0 Å². The SMILES string of the molecule is Oc1ccc(C(=S)N2CCC2)cc1C(F)(F)F. The number of rotatable bonds is 1. The Morgan fingerprint density at radius 1 is 1.29 bits per heavy atom. The minimum atomic E-state index is -4.56. The number of likely N-dealkylation sites (tertiary alicyclic amines) is 1. The van der Waals surface area contributed by atoms with Crippen molar-refractivity contribution in [1.82, 2.24) is 4.90 Å². The van der Waals surface area contributed by atoms with E-state index in [0.29, 0.717) is 10.6 Å². The summed E-state index contributed by atoms with van der Waals surface area (Å²) in [6.07, 6.45) is -3.56. The predicted octanol–water partition coefficient (Wildman–Crippen LogP) is 2.79. The largest absolute Gasteiger partial charge is 0.507 e. The minimum Gasteiger partial charge on any atom is -0.507 e. The van der Waals surface area contributed by atoms with Crippen LogP contribution in [0.15, 0.2) is 18.2 Å². The first-order valence-corrected chi connectivity index (χ1v) is 5.50. The lowest BCUT2D eigenvalue weighted by atomic mass is 10.1. The molecule has 1 aromatic carbocycles. The highest BCUT2D eigenvalue weighted by Gasteiger charge is 2.34. The molecule has 0 unspecified atom stereocenters. The average Bonchev–Trinajstić information content (AvgIpc) is 2.13. The van der Waals surface area contributed by atoms with Crippen molar-refractivity contribution >= 4 is 17.2 Å². The van der Waals surface area contributed by atoms with Gasteiger partial charge in [-0.05, 0) is 24.6 Å². The standard InChI is InChI=1S/C11H10F3NOS/c12-11(13,14)8-6-7(2-3-9(8)16)10(17)15-4-1-5-15/h2-3,6,16H,1,4-5H2. The molecule has 0 bridgehead atoms. The molecule has 1 fully saturated rings. The van der Waals surface area contributed by atoms with Gasteiger partial charge in [0.25, 0.3) is 0 Å². The molecule has 92 valence electrons. The van der Waals surface area contributed by atoms with E-state index in [1.165, 1.54) is 6.07 Å². The first-order chi connectivity index (χ1) is 7.89. The van der Waals surface area contributed by atoms with E-state index in [2.05, 4.69) is 0 Å². The number of aromatic hydroxyl groups is 1. The molecule has 0 atom stereocenters. The molecule has 0 aromatic heterocycles. The molecule has 2 nitrogen and oxygen atoms in total. The molecule has 0 amide bonds. The maximum absolute atomic E-state index is 12.6. The van der Waals surface area contributed by atoms with Gasteiger partial charge in [-0.2, -0.15) is 13.2 Å². The van der Waals surface area contributed by atoms with Gasteiger partial charge in [-0.15, -0.1) is 0 Å². The zero-order valence-electron chi connectivity index (χ0n) is 8.79. The highest BCUT2D eigenvalue weighted by Crippen LogP contribution is 2.36. The summed E-state index contributed by atoms with van der Waals surface area (Å²) in [5.74, 6) is -0.771. The predicted molar refractivity (Wildman–Crippen MR) is 61.0 cm³/mol.